The summed E-state index contributed by atoms with van der Waals surface area (Å²) in [5.74, 6) is 1.21. The monoisotopic (exact) mass is 376 g/mol. The van der Waals surface area contributed by atoms with Crippen molar-refractivity contribution in [1.82, 2.24) is 25.0 Å². The third kappa shape index (κ3) is 5.16. The summed E-state index contributed by atoms with van der Waals surface area (Å²) >= 11 is 0. The summed E-state index contributed by atoms with van der Waals surface area (Å²) in [6, 6.07) is 6.24. The first-order valence-electron chi connectivity index (χ1n) is 9.04. The number of aromatic nitrogens is 3. The lowest BCUT2D eigenvalue weighted by Gasteiger charge is -2.31. The van der Waals surface area contributed by atoms with E-state index in [1.54, 1.807) is 30.1 Å². The van der Waals surface area contributed by atoms with Gasteiger partial charge in [0.1, 0.15) is 12.4 Å². The number of nitrogens with zero attached hydrogens (tertiary/aromatic N) is 4. The molecule has 1 aromatic heterocycles. The molecule has 0 aliphatic carbocycles. The van der Waals surface area contributed by atoms with Crippen LogP contribution in [0.2, 0.25) is 0 Å². The van der Waals surface area contributed by atoms with E-state index >= 15 is 0 Å². The summed E-state index contributed by atoms with van der Waals surface area (Å²) in [4.78, 5) is 20.3. The van der Waals surface area contributed by atoms with Crippen LogP contribution < -0.4 is 10.5 Å². The van der Waals surface area contributed by atoms with Crippen LogP contribution in [0.25, 0.3) is 0 Å². The average molecular weight is 376 g/mol. The van der Waals surface area contributed by atoms with E-state index in [1.165, 1.54) is 6.07 Å². The fourth-order valence-corrected chi connectivity index (χ4v) is 3.13. The fourth-order valence-electron chi connectivity index (χ4n) is 3.13. The van der Waals surface area contributed by atoms with Crippen molar-refractivity contribution < 1.29 is 13.9 Å². The number of hydrogen-bond acceptors (Lipinski definition) is 6. The zero-order valence-corrected chi connectivity index (χ0v) is 15.4. The van der Waals surface area contributed by atoms with Gasteiger partial charge in [-0.25, -0.2) is 4.39 Å². The van der Waals surface area contributed by atoms with Crippen LogP contribution in [0, 0.1) is 5.82 Å². The van der Waals surface area contributed by atoms with Gasteiger partial charge < -0.3 is 15.4 Å². The summed E-state index contributed by atoms with van der Waals surface area (Å²) in [7, 11) is 1.73. The Balaban J connectivity index is 1.38. The van der Waals surface area contributed by atoms with Gasteiger partial charge in [-0.05, 0) is 38.1 Å². The minimum Gasteiger partial charge on any atom is -0.489 e. The van der Waals surface area contributed by atoms with Crippen LogP contribution in [0.1, 0.15) is 24.6 Å². The van der Waals surface area contributed by atoms with E-state index in [0.717, 1.165) is 31.8 Å². The zero-order chi connectivity index (χ0) is 19.2. The molecule has 0 unspecified atom stereocenters. The van der Waals surface area contributed by atoms with Crippen LogP contribution in [0.4, 0.5) is 10.3 Å². The van der Waals surface area contributed by atoms with Gasteiger partial charge in [0.25, 0.3) is 0 Å². The Labute approximate surface area is 157 Å². The number of para-hydroxylation sites is 1. The minimum absolute atomic E-state index is 0.0227. The lowest BCUT2D eigenvalue weighted by molar-refractivity contribution is -0.131. The highest BCUT2D eigenvalue weighted by Gasteiger charge is 2.25. The van der Waals surface area contributed by atoms with Crippen molar-refractivity contribution in [2.75, 3.05) is 45.6 Å². The Morgan fingerprint density at radius 3 is 2.81 bits per heavy atom. The van der Waals surface area contributed by atoms with Crippen molar-refractivity contribution in [3.63, 3.8) is 0 Å². The molecule has 1 saturated heterocycles. The van der Waals surface area contributed by atoms with Crippen molar-refractivity contribution in [2.45, 2.75) is 18.8 Å². The first-order valence-corrected chi connectivity index (χ1v) is 9.04. The summed E-state index contributed by atoms with van der Waals surface area (Å²) in [5, 5.41) is 6.74. The van der Waals surface area contributed by atoms with Crippen LogP contribution in [0.5, 0.6) is 5.75 Å². The number of aromatic amines is 1. The molecule has 2 aromatic rings. The molecule has 0 atom stereocenters. The Morgan fingerprint density at radius 1 is 1.41 bits per heavy atom. The molecule has 1 aliphatic heterocycles. The Morgan fingerprint density at radius 2 is 2.15 bits per heavy atom. The van der Waals surface area contributed by atoms with E-state index < -0.39 is 5.82 Å². The van der Waals surface area contributed by atoms with Crippen molar-refractivity contribution >= 4 is 11.9 Å². The van der Waals surface area contributed by atoms with Crippen molar-refractivity contribution in [3.8, 4) is 5.75 Å². The van der Waals surface area contributed by atoms with Crippen LogP contribution >= 0.6 is 0 Å². The summed E-state index contributed by atoms with van der Waals surface area (Å²) in [5.41, 5.74) is 5.55. The number of amides is 1. The molecule has 3 rings (SSSR count). The average Bonchev–Trinajstić information content (AvgIpc) is 3.10. The third-order valence-electron chi connectivity index (χ3n) is 4.80. The standard InChI is InChI=1S/C18H25FN6O2/c1-24(10-11-27-15-5-3-2-4-14(15)19)16(26)12-25-8-6-13(7-9-25)17-21-18(20)23-22-17/h2-5,13H,6-12H2,1H3,(H3,20,21,22,23). The van der Waals surface area contributed by atoms with Gasteiger partial charge in [-0.2, -0.15) is 4.98 Å². The molecule has 2 heterocycles. The molecule has 0 saturated carbocycles. The van der Waals surface area contributed by atoms with E-state index in [0.29, 0.717) is 19.0 Å². The van der Waals surface area contributed by atoms with Crippen molar-refractivity contribution in [3.05, 3.63) is 35.9 Å². The second-order valence-corrected chi connectivity index (χ2v) is 6.72. The number of nitrogens with one attached hydrogen (secondary N) is 1. The quantitative estimate of drug-likeness (QED) is 0.754. The molecule has 1 aliphatic rings. The normalized spacial score (nSPS) is 15.6. The van der Waals surface area contributed by atoms with Crippen molar-refractivity contribution in [1.29, 1.82) is 0 Å². The van der Waals surface area contributed by atoms with Crippen LogP contribution in [-0.2, 0) is 4.79 Å². The van der Waals surface area contributed by atoms with Crippen molar-refractivity contribution in [2.24, 2.45) is 0 Å². The third-order valence-corrected chi connectivity index (χ3v) is 4.80. The number of likely N-dealkylation sites (N-methyl/N-ethyl adjacent to an activating group) is 1. The van der Waals surface area contributed by atoms with E-state index in [2.05, 4.69) is 20.1 Å². The SMILES string of the molecule is CN(CCOc1ccccc1F)C(=O)CN1CCC(c2nc(N)n[nH]2)CC1. The van der Waals surface area contributed by atoms with Gasteiger partial charge in [0.2, 0.25) is 11.9 Å². The molecule has 0 radical (unpaired) electrons. The number of carbonyl (C=O) groups excluding carboxylic acids is 1. The topological polar surface area (TPSA) is 100 Å². The highest BCUT2D eigenvalue weighted by Crippen LogP contribution is 2.25. The van der Waals surface area contributed by atoms with Crippen LogP contribution in [-0.4, -0.2) is 70.7 Å². The van der Waals surface area contributed by atoms with E-state index in [4.69, 9.17) is 10.5 Å². The fraction of sp³-hybridized carbons (Fsp3) is 0.500. The van der Waals surface area contributed by atoms with E-state index in [9.17, 15) is 9.18 Å². The zero-order valence-electron chi connectivity index (χ0n) is 15.4. The molecular formula is C18H25FN6O2. The predicted molar refractivity (Wildman–Crippen MR) is 98.7 cm³/mol. The second kappa shape index (κ2) is 8.81. The molecule has 8 nitrogen and oxygen atoms in total. The number of halogens is 1. The molecule has 0 bridgehead atoms. The maximum atomic E-state index is 13.5. The number of ether oxygens (including phenoxy) is 1. The minimum atomic E-state index is -0.400. The molecule has 27 heavy (non-hydrogen) atoms. The highest BCUT2D eigenvalue weighted by atomic mass is 19.1. The van der Waals surface area contributed by atoms with Crippen LogP contribution in [0.15, 0.2) is 24.3 Å². The molecule has 1 amide bonds. The molecular weight excluding hydrogens is 351 g/mol. The van der Waals surface area contributed by atoms with Gasteiger partial charge in [0.05, 0.1) is 13.1 Å². The number of nitrogen functional groups attached to an aromatic ring is 1. The highest BCUT2D eigenvalue weighted by molar-refractivity contribution is 5.78. The Bertz CT molecular complexity index is 760. The summed E-state index contributed by atoms with van der Waals surface area (Å²) in [6.45, 7) is 2.65. The van der Waals surface area contributed by atoms with Gasteiger partial charge >= 0.3 is 0 Å². The van der Waals surface area contributed by atoms with Gasteiger partial charge in [0.15, 0.2) is 11.6 Å². The number of piperidine rings is 1. The summed E-state index contributed by atoms with van der Waals surface area (Å²) < 4.78 is 18.9. The molecule has 0 spiro atoms. The number of anilines is 1. The number of rotatable bonds is 7. The lowest BCUT2D eigenvalue weighted by atomic mass is 9.96. The maximum Gasteiger partial charge on any atom is 0.239 e. The first kappa shape index (κ1) is 19.1. The number of hydrogen-bond donors (Lipinski definition) is 2. The van der Waals surface area contributed by atoms with Gasteiger partial charge in [-0.1, -0.05) is 12.1 Å². The number of carbonyl (C=O) groups is 1. The predicted octanol–water partition coefficient (Wildman–Crippen LogP) is 1.24. The number of likely N-dealkylation sites (tertiary alicyclic amines) is 1. The Hall–Kier alpha value is -2.68. The van der Waals surface area contributed by atoms with Crippen LogP contribution in [0.3, 0.4) is 0 Å². The summed E-state index contributed by atoms with van der Waals surface area (Å²) in [6.07, 6.45) is 1.81. The first-order chi connectivity index (χ1) is 13.0. The molecule has 9 heteroatoms. The lowest BCUT2D eigenvalue weighted by Crippen LogP contribution is -2.43. The molecule has 1 fully saturated rings. The second-order valence-electron chi connectivity index (χ2n) is 6.72. The molecule has 146 valence electrons. The number of H-pyrrole nitrogens is 1. The van der Waals surface area contributed by atoms with E-state index in [1.807, 2.05) is 0 Å². The van der Waals surface area contributed by atoms with E-state index in [-0.39, 0.29) is 24.2 Å². The number of nitrogens with two attached hydrogens (primary N) is 1. The maximum absolute atomic E-state index is 13.5. The largest absolute Gasteiger partial charge is 0.489 e. The van der Waals surface area contributed by atoms with Gasteiger partial charge in [-0.15, -0.1) is 5.10 Å². The molecule has 1 aromatic carbocycles. The molecule has 3 N–H and O–H groups in total. The van der Waals surface area contributed by atoms with Gasteiger partial charge in [0, 0.05) is 13.0 Å². The van der Waals surface area contributed by atoms with Gasteiger partial charge in [-0.3, -0.25) is 14.8 Å². The number of benzene rings is 1. The Kier molecular flexibility index (Phi) is 6.23. The smallest absolute Gasteiger partial charge is 0.239 e.